The maximum absolute atomic E-state index is 10.6. The zero-order valence-corrected chi connectivity index (χ0v) is 6.73. The summed E-state index contributed by atoms with van der Waals surface area (Å²) in [5, 5.41) is 3.06. The normalized spacial score (nSPS) is 20.1. The smallest absolute Gasteiger partial charge is 0.333 e. The lowest BCUT2D eigenvalue weighted by molar-refractivity contribution is -0.134. The van der Waals surface area contributed by atoms with Crippen LogP contribution in [-0.4, -0.2) is 24.7 Å². The van der Waals surface area contributed by atoms with Gasteiger partial charge >= 0.3 is 5.97 Å². The van der Waals surface area contributed by atoms with Crippen LogP contribution in [0.2, 0.25) is 0 Å². The maximum Gasteiger partial charge on any atom is 0.333 e. The first-order chi connectivity index (χ1) is 5.22. The predicted molar refractivity (Wildman–Crippen MR) is 40.7 cm³/mol. The number of ether oxygens (including phenoxy) is 1. The van der Waals surface area contributed by atoms with E-state index in [2.05, 4.69) is 10.1 Å². The Morgan fingerprint density at radius 2 is 2.55 bits per heavy atom. The summed E-state index contributed by atoms with van der Waals surface area (Å²) < 4.78 is 4.37. The van der Waals surface area contributed by atoms with Crippen molar-refractivity contribution < 1.29 is 14.3 Å². The Balaban J connectivity index is 2.54. The van der Waals surface area contributed by atoms with Crippen LogP contribution < -0.4 is 5.32 Å². The van der Waals surface area contributed by atoms with Gasteiger partial charge in [-0.3, -0.25) is 4.79 Å². The van der Waals surface area contributed by atoms with Crippen LogP contribution in [0.15, 0.2) is 11.1 Å². The SMILES string of the molecule is COC(=O)/C=C1/NC(=O)CS1. The van der Waals surface area contributed by atoms with Crippen LogP contribution in [0, 0.1) is 0 Å². The number of hydrogen-bond donors (Lipinski definition) is 1. The molecule has 0 aliphatic carbocycles. The largest absolute Gasteiger partial charge is 0.466 e. The second kappa shape index (κ2) is 3.43. The van der Waals surface area contributed by atoms with E-state index in [1.165, 1.54) is 24.9 Å². The van der Waals surface area contributed by atoms with Gasteiger partial charge in [0, 0.05) is 0 Å². The summed E-state index contributed by atoms with van der Waals surface area (Å²) in [6, 6.07) is 0. The van der Waals surface area contributed by atoms with E-state index in [1.807, 2.05) is 0 Å². The van der Waals surface area contributed by atoms with Crippen LogP contribution in [0.3, 0.4) is 0 Å². The van der Waals surface area contributed by atoms with Crippen molar-refractivity contribution in [1.29, 1.82) is 0 Å². The van der Waals surface area contributed by atoms with E-state index in [9.17, 15) is 9.59 Å². The summed E-state index contributed by atoms with van der Waals surface area (Å²) in [5.41, 5.74) is 0. The fourth-order valence-electron chi connectivity index (χ4n) is 0.597. The van der Waals surface area contributed by atoms with Crippen molar-refractivity contribution in [3.63, 3.8) is 0 Å². The second-order valence-corrected chi connectivity index (χ2v) is 2.89. The van der Waals surface area contributed by atoms with Gasteiger partial charge in [-0.1, -0.05) is 11.8 Å². The van der Waals surface area contributed by atoms with E-state index in [0.29, 0.717) is 10.8 Å². The van der Waals surface area contributed by atoms with Gasteiger partial charge in [-0.25, -0.2) is 4.79 Å². The van der Waals surface area contributed by atoms with Crippen molar-refractivity contribution in [1.82, 2.24) is 5.32 Å². The lowest BCUT2D eigenvalue weighted by Crippen LogP contribution is -2.14. The fourth-order valence-corrected chi connectivity index (χ4v) is 1.32. The lowest BCUT2D eigenvalue weighted by Gasteiger charge is -1.93. The first-order valence-electron chi connectivity index (χ1n) is 2.94. The van der Waals surface area contributed by atoms with Crippen LogP contribution in [0.5, 0.6) is 0 Å². The Hall–Kier alpha value is -0.970. The molecule has 0 radical (unpaired) electrons. The van der Waals surface area contributed by atoms with Gasteiger partial charge in [-0.05, 0) is 0 Å². The summed E-state index contributed by atoms with van der Waals surface area (Å²) in [5.74, 6) is -0.150. The van der Waals surface area contributed by atoms with Crippen molar-refractivity contribution in [2.45, 2.75) is 0 Å². The minimum absolute atomic E-state index is 0.0786. The lowest BCUT2D eigenvalue weighted by atomic mass is 10.6. The molecule has 0 unspecified atom stereocenters. The second-order valence-electron chi connectivity index (χ2n) is 1.87. The van der Waals surface area contributed by atoms with Crippen LogP contribution in [-0.2, 0) is 14.3 Å². The maximum atomic E-state index is 10.6. The number of nitrogens with one attached hydrogen (secondary N) is 1. The molecule has 1 amide bonds. The molecule has 1 aliphatic rings. The first-order valence-corrected chi connectivity index (χ1v) is 3.93. The van der Waals surface area contributed by atoms with Gasteiger partial charge in [0.15, 0.2) is 0 Å². The van der Waals surface area contributed by atoms with Gasteiger partial charge in [0.25, 0.3) is 0 Å². The highest BCUT2D eigenvalue weighted by Gasteiger charge is 2.15. The van der Waals surface area contributed by atoms with Crippen LogP contribution in [0.25, 0.3) is 0 Å². The average Bonchev–Trinajstić information content (AvgIpc) is 2.35. The highest BCUT2D eigenvalue weighted by atomic mass is 32.2. The van der Waals surface area contributed by atoms with Gasteiger partial charge in [0.05, 0.1) is 24.0 Å². The summed E-state index contributed by atoms with van der Waals surface area (Å²) >= 11 is 1.29. The molecule has 0 spiro atoms. The van der Waals surface area contributed by atoms with Crippen molar-refractivity contribution >= 4 is 23.6 Å². The van der Waals surface area contributed by atoms with E-state index >= 15 is 0 Å². The molecular weight excluding hydrogens is 166 g/mol. The van der Waals surface area contributed by atoms with E-state index in [4.69, 9.17) is 0 Å². The third-order valence-corrected chi connectivity index (χ3v) is 2.01. The molecule has 4 nitrogen and oxygen atoms in total. The molecule has 5 heteroatoms. The van der Waals surface area contributed by atoms with E-state index < -0.39 is 5.97 Å². The molecule has 0 atom stereocenters. The number of carbonyl (C=O) groups excluding carboxylic acids is 2. The molecule has 60 valence electrons. The Labute approximate surface area is 68.0 Å². The number of amides is 1. The highest BCUT2D eigenvalue weighted by Crippen LogP contribution is 2.17. The molecule has 0 aromatic heterocycles. The third kappa shape index (κ3) is 2.27. The zero-order valence-electron chi connectivity index (χ0n) is 5.92. The highest BCUT2D eigenvalue weighted by molar-refractivity contribution is 8.04. The van der Waals surface area contributed by atoms with E-state index in [-0.39, 0.29) is 5.91 Å². The molecule has 1 fully saturated rings. The molecule has 1 N–H and O–H groups in total. The topological polar surface area (TPSA) is 55.4 Å². The van der Waals surface area contributed by atoms with Gasteiger partial charge < -0.3 is 10.1 Å². The summed E-state index contributed by atoms with van der Waals surface area (Å²) in [7, 11) is 1.29. The molecule has 1 heterocycles. The number of esters is 1. The standard InChI is InChI=1S/C6H7NO3S/c1-10-6(9)2-5-7-4(8)3-11-5/h2H,3H2,1H3,(H,7,8)/b5-2-. The van der Waals surface area contributed by atoms with Crippen molar-refractivity contribution in [2.24, 2.45) is 0 Å². The molecule has 1 saturated heterocycles. The summed E-state index contributed by atoms with van der Waals surface area (Å²) in [6.45, 7) is 0. The Kier molecular flexibility index (Phi) is 2.53. The Morgan fingerprint density at radius 3 is 3.00 bits per heavy atom. The van der Waals surface area contributed by atoms with Crippen molar-refractivity contribution in [3.8, 4) is 0 Å². The van der Waals surface area contributed by atoms with E-state index in [1.54, 1.807) is 0 Å². The quantitative estimate of drug-likeness (QED) is 0.443. The molecule has 0 bridgehead atoms. The summed E-state index contributed by atoms with van der Waals surface area (Å²) in [6.07, 6.45) is 1.26. The monoisotopic (exact) mass is 173 g/mol. The minimum Gasteiger partial charge on any atom is -0.466 e. The van der Waals surface area contributed by atoms with Crippen molar-refractivity contribution in [3.05, 3.63) is 11.1 Å². The van der Waals surface area contributed by atoms with Gasteiger partial charge in [0.1, 0.15) is 0 Å². The Bertz CT molecular complexity index is 224. The molecule has 1 rings (SSSR count). The number of rotatable bonds is 1. The predicted octanol–water partition coefficient (Wildman–Crippen LogP) is -0.136. The van der Waals surface area contributed by atoms with Gasteiger partial charge in [-0.2, -0.15) is 0 Å². The molecular formula is C6H7NO3S. The average molecular weight is 173 g/mol. The zero-order chi connectivity index (χ0) is 8.27. The number of hydrogen-bond acceptors (Lipinski definition) is 4. The molecule has 0 aromatic carbocycles. The number of carbonyl (C=O) groups is 2. The van der Waals surface area contributed by atoms with Crippen molar-refractivity contribution in [2.75, 3.05) is 12.9 Å². The molecule has 0 aromatic rings. The first kappa shape index (κ1) is 8.13. The van der Waals surface area contributed by atoms with Crippen LogP contribution in [0.1, 0.15) is 0 Å². The third-order valence-electron chi connectivity index (χ3n) is 1.07. The van der Waals surface area contributed by atoms with Crippen LogP contribution in [0.4, 0.5) is 0 Å². The minimum atomic E-state index is -0.449. The number of methoxy groups -OCH3 is 1. The molecule has 1 aliphatic heterocycles. The van der Waals surface area contributed by atoms with Gasteiger partial charge in [-0.15, -0.1) is 0 Å². The Morgan fingerprint density at radius 1 is 1.82 bits per heavy atom. The summed E-state index contributed by atoms with van der Waals surface area (Å²) in [4.78, 5) is 21.2. The number of thioether (sulfide) groups is 1. The van der Waals surface area contributed by atoms with Crippen LogP contribution >= 0.6 is 11.8 Å². The van der Waals surface area contributed by atoms with Gasteiger partial charge in [0.2, 0.25) is 5.91 Å². The fraction of sp³-hybridized carbons (Fsp3) is 0.333. The molecule has 11 heavy (non-hydrogen) atoms. The molecule has 0 saturated carbocycles. The van der Waals surface area contributed by atoms with E-state index in [0.717, 1.165) is 0 Å².